The molecule has 0 aliphatic rings. The third-order valence-corrected chi connectivity index (χ3v) is 1.62. The molecule has 0 spiro atoms. The van der Waals surface area contributed by atoms with Gasteiger partial charge in [-0.15, -0.1) is 0 Å². The summed E-state index contributed by atoms with van der Waals surface area (Å²) in [6.07, 6.45) is 1.42. The Balaban J connectivity index is 3.19. The van der Waals surface area contributed by atoms with Crippen molar-refractivity contribution in [3.63, 3.8) is 0 Å². The molecule has 0 saturated carbocycles. The normalized spacial score (nSPS) is 9.79. The number of rotatable bonds is 8. The summed E-state index contributed by atoms with van der Waals surface area (Å²) in [5, 5.41) is 13.9. The molecule has 5 heteroatoms. The molecular weight excluding hydrogens is 184 g/mol. The Kier molecular flexibility index (Phi) is 7.83. The van der Waals surface area contributed by atoms with Gasteiger partial charge in [-0.05, 0) is 6.42 Å². The Morgan fingerprint density at radius 2 is 1.79 bits per heavy atom. The van der Waals surface area contributed by atoms with Gasteiger partial charge in [-0.3, -0.25) is 9.59 Å². The van der Waals surface area contributed by atoms with Crippen LogP contribution in [0.15, 0.2) is 0 Å². The van der Waals surface area contributed by atoms with Gasteiger partial charge < -0.3 is 15.7 Å². The summed E-state index contributed by atoms with van der Waals surface area (Å²) in [5.41, 5.74) is 0. The molecule has 5 nitrogen and oxygen atoms in total. The van der Waals surface area contributed by atoms with Crippen molar-refractivity contribution in [2.24, 2.45) is 0 Å². The molecule has 0 fully saturated rings. The SMILES string of the molecule is CCCNC(=O)CCNCCC(=O)O. The lowest BCUT2D eigenvalue weighted by Crippen LogP contribution is -2.28. The number of aliphatic carboxylic acids is 1. The number of carbonyl (C=O) groups is 2. The highest BCUT2D eigenvalue weighted by Gasteiger charge is 1.99. The average Bonchev–Trinajstić information content (AvgIpc) is 2.13. The van der Waals surface area contributed by atoms with E-state index in [4.69, 9.17) is 5.11 Å². The fourth-order valence-corrected chi connectivity index (χ4v) is 0.875. The second-order valence-electron chi connectivity index (χ2n) is 2.99. The van der Waals surface area contributed by atoms with Crippen LogP contribution < -0.4 is 10.6 Å². The van der Waals surface area contributed by atoms with Crippen LogP contribution in [-0.4, -0.2) is 36.6 Å². The van der Waals surface area contributed by atoms with Crippen LogP contribution in [0.3, 0.4) is 0 Å². The van der Waals surface area contributed by atoms with E-state index in [9.17, 15) is 9.59 Å². The van der Waals surface area contributed by atoms with Crippen LogP contribution in [0.4, 0.5) is 0 Å². The second-order valence-corrected chi connectivity index (χ2v) is 2.99. The van der Waals surface area contributed by atoms with Crippen LogP contribution in [0.25, 0.3) is 0 Å². The summed E-state index contributed by atoms with van der Waals surface area (Å²) >= 11 is 0. The van der Waals surface area contributed by atoms with Crippen LogP contribution in [-0.2, 0) is 9.59 Å². The Morgan fingerprint density at radius 1 is 1.14 bits per heavy atom. The molecule has 14 heavy (non-hydrogen) atoms. The van der Waals surface area contributed by atoms with E-state index < -0.39 is 5.97 Å². The number of carboxylic acid groups (broad SMARTS) is 1. The van der Waals surface area contributed by atoms with Crippen LogP contribution in [0.1, 0.15) is 26.2 Å². The topological polar surface area (TPSA) is 78.4 Å². The van der Waals surface area contributed by atoms with E-state index >= 15 is 0 Å². The maximum Gasteiger partial charge on any atom is 0.304 e. The highest BCUT2D eigenvalue weighted by atomic mass is 16.4. The van der Waals surface area contributed by atoms with E-state index in [-0.39, 0.29) is 12.3 Å². The third kappa shape index (κ3) is 8.99. The third-order valence-electron chi connectivity index (χ3n) is 1.62. The van der Waals surface area contributed by atoms with E-state index in [2.05, 4.69) is 10.6 Å². The number of carbonyl (C=O) groups excluding carboxylic acids is 1. The lowest BCUT2D eigenvalue weighted by atomic mass is 10.3. The lowest BCUT2D eigenvalue weighted by Gasteiger charge is -2.04. The second kappa shape index (κ2) is 8.50. The van der Waals surface area contributed by atoms with Gasteiger partial charge in [0.2, 0.25) is 5.91 Å². The Hall–Kier alpha value is -1.10. The van der Waals surface area contributed by atoms with Crippen molar-refractivity contribution in [2.75, 3.05) is 19.6 Å². The van der Waals surface area contributed by atoms with Crippen molar-refractivity contribution in [1.29, 1.82) is 0 Å². The number of nitrogens with one attached hydrogen (secondary N) is 2. The monoisotopic (exact) mass is 202 g/mol. The molecule has 1 amide bonds. The summed E-state index contributed by atoms with van der Waals surface area (Å²) in [6.45, 7) is 3.64. The molecule has 0 saturated heterocycles. The summed E-state index contributed by atoms with van der Waals surface area (Å²) in [6, 6.07) is 0. The molecule has 82 valence electrons. The predicted molar refractivity (Wildman–Crippen MR) is 53.0 cm³/mol. The first-order valence-corrected chi connectivity index (χ1v) is 4.86. The van der Waals surface area contributed by atoms with Gasteiger partial charge in [-0.25, -0.2) is 0 Å². The van der Waals surface area contributed by atoms with Gasteiger partial charge in [0.25, 0.3) is 0 Å². The van der Waals surface area contributed by atoms with E-state index in [1.54, 1.807) is 0 Å². The zero-order chi connectivity index (χ0) is 10.8. The highest BCUT2D eigenvalue weighted by molar-refractivity contribution is 5.76. The first kappa shape index (κ1) is 12.9. The van der Waals surface area contributed by atoms with Gasteiger partial charge in [-0.2, -0.15) is 0 Å². The molecule has 0 atom stereocenters. The largest absolute Gasteiger partial charge is 0.481 e. The summed E-state index contributed by atoms with van der Waals surface area (Å²) in [5.74, 6) is -0.817. The van der Waals surface area contributed by atoms with Gasteiger partial charge in [0.05, 0.1) is 6.42 Å². The van der Waals surface area contributed by atoms with Crippen molar-refractivity contribution < 1.29 is 14.7 Å². The van der Waals surface area contributed by atoms with Crippen LogP contribution >= 0.6 is 0 Å². The van der Waals surface area contributed by atoms with Crippen molar-refractivity contribution in [2.45, 2.75) is 26.2 Å². The molecule has 0 aromatic rings. The molecule has 0 aliphatic heterocycles. The number of hydrogen-bond donors (Lipinski definition) is 3. The van der Waals surface area contributed by atoms with Gasteiger partial charge in [0, 0.05) is 26.1 Å². The predicted octanol–water partition coefficient (Wildman–Crippen LogP) is -0.0330. The molecule has 0 rings (SSSR count). The number of amides is 1. The van der Waals surface area contributed by atoms with Gasteiger partial charge in [0.15, 0.2) is 0 Å². The molecule has 0 aromatic heterocycles. The van der Waals surface area contributed by atoms with Gasteiger partial charge in [0.1, 0.15) is 0 Å². The van der Waals surface area contributed by atoms with Crippen LogP contribution in [0, 0.1) is 0 Å². The van der Waals surface area contributed by atoms with Crippen molar-refractivity contribution >= 4 is 11.9 Å². The van der Waals surface area contributed by atoms with Gasteiger partial charge in [-0.1, -0.05) is 6.92 Å². The minimum Gasteiger partial charge on any atom is -0.481 e. The Morgan fingerprint density at radius 3 is 2.36 bits per heavy atom. The van der Waals surface area contributed by atoms with Crippen molar-refractivity contribution in [3.05, 3.63) is 0 Å². The maximum atomic E-state index is 11.0. The van der Waals surface area contributed by atoms with E-state index in [0.29, 0.717) is 26.1 Å². The molecule has 0 aromatic carbocycles. The van der Waals surface area contributed by atoms with Crippen LogP contribution in [0.5, 0.6) is 0 Å². The maximum absolute atomic E-state index is 11.0. The number of carboxylic acids is 1. The fraction of sp³-hybridized carbons (Fsp3) is 0.778. The van der Waals surface area contributed by atoms with E-state index in [1.165, 1.54) is 0 Å². The molecular formula is C9H18N2O3. The Bertz CT molecular complexity index is 183. The van der Waals surface area contributed by atoms with E-state index in [1.807, 2.05) is 6.92 Å². The average molecular weight is 202 g/mol. The minimum atomic E-state index is -0.826. The molecule has 0 unspecified atom stereocenters. The first-order chi connectivity index (χ1) is 6.66. The van der Waals surface area contributed by atoms with Crippen molar-refractivity contribution in [3.8, 4) is 0 Å². The van der Waals surface area contributed by atoms with E-state index in [0.717, 1.165) is 6.42 Å². The molecule has 0 radical (unpaired) electrons. The fourth-order valence-electron chi connectivity index (χ4n) is 0.875. The first-order valence-electron chi connectivity index (χ1n) is 4.86. The Labute approximate surface area is 83.9 Å². The summed E-state index contributed by atoms with van der Waals surface area (Å²) < 4.78 is 0. The minimum absolute atomic E-state index is 0.00896. The van der Waals surface area contributed by atoms with Crippen molar-refractivity contribution in [1.82, 2.24) is 10.6 Å². The summed E-state index contributed by atoms with van der Waals surface area (Å²) in [4.78, 5) is 21.1. The number of hydrogen-bond acceptors (Lipinski definition) is 3. The smallest absolute Gasteiger partial charge is 0.304 e. The zero-order valence-corrected chi connectivity index (χ0v) is 8.51. The zero-order valence-electron chi connectivity index (χ0n) is 8.51. The van der Waals surface area contributed by atoms with Gasteiger partial charge >= 0.3 is 5.97 Å². The highest BCUT2D eigenvalue weighted by Crippen LogP contribution is 1.80. The summed E-state index contributed by atoms with van der Waals surface area (Å²) in [7, 11) is 0. The molecule has 3 N–H and O–H groups in total. The standard InChI is InChI=1S/C9H18N2O3/c1-2-5-11-8(12)3-6-10-7-4-9(13)14/h10H,2-7H2,1H3,(H,11,12)(H,13,14). The quantitative estimate of drug-likeness (QED) is 0.483. The molecule has 0 heterocycles. The van der Waals surface area contributed by atoms with Crippen LogP contribution in [0.2, 0.25) is 0 Å². The molecule has 0 bridgehead atoms. The lowest BCUT2D eigenvalue weighted by molar-refractivity contribution is -0.136. The molecule has 0 aliphatic carbocycles.